The van der Waals surface area contributed by atoms with E-state index in [1.165, 1.54) is 6.07 Å². The molecule has 4 atom stereocenters. The quantitative estimate of drug-likeness (QED) is 0.537. The normalized spacial score (nSPS) is 29.1. The van der Waals surface area contributed by atoms with E-state index >= 15 is 0 Å². The number of halogens is 1. The fourth-order valence-electron chi connectivity index (χ4n) is 2.34. The van der Waals surface area contributed by atoms with Crippen LogP contribution < -0.4 is 5.56 Å². The third kappa shape index (κ3) is 2.29. The lowest BCUT2D eigenvalue weighted by molar-refractivity contribution is -0.0231. The highest BCUT2D eigenvalue weighted by molar-refractivity contribution is 5.69. The topological polar surface area (TPSA) is 129 Å². The molecule has 1 aliphatic rings. The van der Waals surface area contributed by atoms with Gasteiger partial charge in [-0.2, -0.15) is 9.37 Å². The van der Waals surface area contributed by atoms with Gasteiger partial charge in [-0.1, -0.05) is 0 Å². The minimum Gasteiger partial charge on any atom is -0.394 e. The van der Waals surface area contributed by atoms with Crippen LogP contribution in [0.1, 0.15) is 11.7 Å². The van der Waals surface area contributed by atoms with Gasteiger partial charge in [-0.3, -0.25) is 4.79 Å². The molecule has 1 saturated heterocycles. The molecule has 112 valence electrons. The first-order valence-corrected chi connectivity index (χ1v) is 6.19. The highest BCUT2D eigenvalue weighted by atomic mass is 19.1. The Morgan fingerprint density at radius 3 is 2.81 bits per heavy atom. The number of aliphatic hydroxyl groups is 3. The number of pyridine rings is 1. The number of aromatic amines is 1. The number of hydrogen-bond acceptors (Lipinski definition) is 7. The van der Waals surface area contributed by atoms with Crippen molar-refractivity contribution in [2.45, 2.75) is 24.4 Å². The zero-order chi connectivity index (χ0) is 15.1. The zero-order valence-corrected chi connectivity index (χ0v) is 10.6. The SMILES string of the molecule is O=c1[nH]c2nc(F)cnc2cc1C1OC(CO)C(O)C1O. The fraction of sp³-hybridized carbons (Fsp3) is 0.417. The maximum absolute atomic E-state index is 13.0. The zero-order valence-electron chi connectivity index (χ0n) is 10.6. The molecule has 3 rings (SSSR count). The van der Waals surface area contributed by atoms with Crippen LogP contribution >= 0.6 is 0 Å². The predicted molar refractivity (Wildman–Crippen MR) is 66.8 cm³/mol. The average molecular weight is 297 g/mol. The van der Waals surface area contributed by atoms with Gasteiger partial charge >= 0.3 is 0 Å². The van der Waals surface area contributed by atoms with Crippen molar-refractivity contribution < 1.29 is 24.4 Å². The molecule has 0 bridgehead atoms. The van der Waals surface area contributed by atoms with Crippen LogP contribution in [-0.4, -0.2) is 55.2 Å². The van der Waals surface area contributed by atoms with Gasteiger partial charge < -0.3 is 25.0 Å². The lowest BCUT2D eigenvalue weighted by atomic mass is 10.0. The Hall–Kier alpha value is -1.94. The van der Waals surface area contributed by atoms with Gasteiger partial charge in [-0.25, -0.2) is 4.98 Å². The minimum absolute atomic E-state index is 0.0194. The second-order valence-corrected chi connectivity index (χ2v) is 4.74. The third-order valence-corrected chi connectivity index (χ3v) is 3.41. The molecule has 1 fully saturated rings. The molecule has 0 radical (unpaired) electrons. The first-order valence-electron chi connectivity index (χ1n) is 6.19. The van der Waals surface area contributed by atoms with Crippen LogP contribution in [0, 0.1) is 5.95 Å². The lowest BCUT2D eigenvalue weighted by Crippen LogP contribution is -2.33. The Morgan fingerprint density at radius 2 is 2.14 bits per heavy atom. The Bertz CT molecular complexity index is 736. The molecule has 0 amide bonds. The molecule has 9 heteroatoms. The number of H-pyrrole nitrogens is 1. The van der Waals surface area contributed by atoms with Crippen LogP contribution in [0.5, 0.6) is 0 Å². The molecule has 3 heterocycles. The molecule has 21 heavy (non-hydrogen) atoms. The van der Waals surface area contributed by atoms with E-state index in [0.717, 1.165) is 6.20 Å². The fourth-order valence-corrected chi connectivity index (χ4v) is 2.34. The largest absolute Gasteiger partial charge is 0.394 e. The second-order valence-electron chi connectivity index (χ2n) is 4.74. The summed E-state index contributed by atoms with van der Waals surface area (Å²) >= 11 is 0. The first-order chi connectivity index (χ1) is 10.0. The highest BCUT2D eigenvalue weighted by Crippen LogP contribution is 2.32. The maximum Gasteiger partial charge on any atom is 0.255 e. The predicted octanol–water partition coefficient (Wildman–Crippen LogP) is -1.39. The standard InChI is InChI=1S/C12H12FN3O5/c13-7-2-14-5-1-4(12(20)16-11(5)15-7)10-9(19)8(18)6(3-17)21-10/h1-2,6,8-10,17-19H,3H2,(H,15,16,20). The van der Waals surface area contributed by atoms with Crippen molar-refractivity contribution in [1.29, 1.82) is 0 Å². The van der Waals surface area contributed by atoms with Crippen LogP contribution in [0.4, 0.5) is 4.39 Å². The van der Waals surface area contributed by atoms with Crippen LogP contribution in [0.3, 0.4) is 0 Å². The number of ether oxygens (including phenoxy) is 1. The number of fused-ring (bicyclic) bond motifs is 1. The summed E-state index contributed by atoms with van der Waals surface area (Å²) in [6, 6.07) is 1.31. The molecule has 2 aromatic heterocycles. The van der Waals surface area contributed by atoms with E-state index in [0.29, 0.717) is 0 Å². The number of aliphatic hydroxyl groups excluding tert-OH is 3. The molecule has 1 aliphatic heterocycles. The number of nitrogens with one attached hydrogen (secondary N) is 1. The van der Waals surface area contributed by atoms with E-state index in [4.69, 9.17) is 9.84 Å². The van der Waals surface area contributed by atoms with E-state index < -0.39 is 42.5 Å². The molecular weight excluding hydrogens is 285 g/mol. The third-order valence-electron chi connectivity index (χ3n) is 3.41. The molecule has 4 N–H and O–H groups in total. The molecule has 4 unspecified atom stereocenters. The minimum atomic E-state index is -1.37. The number of rotatable bonds is 2. The molecule has 8 nitrogen and oxygen atoms in total. The Labute approximate surface area is 116 Å². The molecule has 0 spiro atoms. The maximum atomic E-state index is 13.0. The van der Waals surface area contributed by atoms with Gasteiger partial charge in [-0.05, 0) is 6.07 Å². The second kappa shape index (κ2) is 5.11. The van der Waals surface area contributed by atoms with Crippen LogP contribution in [0.2, 0.25) is 0 Å². The summed E-state index contributed by atoms with van der Waals surface area (Å²) in [6.45, 7) is -0.495. The van der Waals surface area contributed by atoms with Crippen molar-refractivity contribution >= 4 is 11.2 Å². The summed E-state index contributed by atoms with van der Waals surface area (Å²) in [7, 11) is 0. The number of hydrogen-bond donors (Lipinski definition) is 4. The molecule has 2 aromatic rings. The van der Waals surface area contributed by atoms with E-state index in [2.05, 4.69) is 15.0 Å². The summed E-state index contributed by atoms with van der Waals surface area (Å²) in [5, 5.41) is 28.7. The van der Waals surface area contributed by atoms with Gasteiger partial charge in [0.15, 0.2) is 5.65 Å². The highest BCUT2D eigenvalue weighted by Gasteiger charge is 2.44. The van der Waals surface area contributed by atoms with Gasteiger partial charge in [0.25, 0.3) is 5.56 Å². The summed E-state index contributed by atoms with van der Waals surface area (Å²) in [4.78, 5) is 21.6. The van der Waals surface area contributed by atoms with Crippen molar-refractivity contribution in [3.63, 3.8) is 0 Å². The van der Waals surface area contributed by atoms with Crippen LogP contribution in [0.25, 0.3) is 11.2 Å². The summed E-state index contributed by atoms with van der Waals surface area (Å²) < 4.78 is 18.2. The Balaban J connectivity index is 2.07. The van der Waals surface area contributed by atoms with E-state index in [-0.39, 0.29) is 16.7 Å². The van der Waals surface area contributed by atoms with Crippen LogP contribution in [-0.2, 0) is 4.74 Å². The number of aromatic nitrogens is 3. The van der Waals surface area contributed by atoms with Crippen molar-refractivity contribution in [2.75, 3.05) is 6.61 Å². The molecule has 0 aromatic carbocycles. The van der Waals surface area contributed by atoms with Gasteiger partial charge in [0.05, 0.1) is 18.4 Å². The van der Waals surface area contributed by atoms with Gasteiger partial charge in [0.1, 0.15) is 29.9 Å². The van der Waals surface area contributed by atoms with Crippen molar-refractivity contribution in [3.8, 4) is 0 Å². The summed E-state index contributed by atoms with van der Waals surface area (Å²) in [6.07, 6.45) is -3.89. The first kappa shape index (κ1) is 14.0. The Morgan fingerprint density at radius 1 is 1.38 bits per heavy atom. The average Bonchev–Trinajstić information content (AvgIpc) is 2.74. The van der Waals surface area contributed by atoms with Crippen molar-refractivity contribution in [3.05, 3.63) is 34.1 Å². The van der Waals surface area contributed by atoms with Crippen LogP contribution in [0.15, 0.2) is 17.1 Å². The molecular formula is C12H12FN3O5. The van der Waals surface area contributed by atoms with E-state index in [9.17, 15) is 19.4 Å². The van der Waals surface area contributed by atoms with Gasteiger partial charge in [-0.15, -0.1) is 0 Å². The van der Waals surface area contributed by atoms with E-state index in [1.54, 1.807) is 0 Å². The smallest absolute Gasteiger partial charge is 0.255 e. The van der Waals surface area contributed by atoms with Gasteiger partial charge in [0.2, 0.25) is 5.95 Å². The molecule has 0 aliphatic carbocycles. The summed E-state index contributed by atoms with van der Waals surface area (Å²) in [5.74, 6) is -0.834. The molecule has 0 saturated carbocycles. The lowest BCUT2D eigenvalue weighted by Gasteiger charge is -2.14. The van der Waals surface area contributed by atoms with Crippen molar-refractivity contribution in [1.82, 2.24) is 15.0 Å². The summed E-state index contributed by atoms with van der Waals surface area (Å²) in [5.41, 5.74) is -0.442. The monoisotopic (exact) mass is 297 g/mol. The van der Waals surface area contributed by atoms with Gasteiger partial charge in [0, 0.05) is 0 Å². The van der Waals surface area contributed by atoms with Crippen molar-refractivity contribution in [2.24, 2.45) is 0 Å². The van der Waals surface area contributed by atoms with E-state index in [1.807, 2.05) is 0 Å². The Kier molecular flexibility index (Phi) is 3.41. The number of nitrogens with zero attached hydrogens (tertiary/aromatic N) is 2.